The molecule has 0 bridgehead atoms. The number of hydrogen-bond acceptors (Lipinski definition) is 3. The van der Waals surface area contributed by atoms with Gasteiger partial charge in [-0.05, 0) is 39.0 Å². The third-order valence-corrected chi connectivity index (χ3v) is 3.91. The summed E-state index contributed by atoms with van der Waals surface area (Å²) < 4.78 is 0. The van der Waals surface area contributed by atoms with Crippen LogP contribution in [-0.2, 0) is 16.1 Å². The van der Waals surface area contributed by atoms with Gasteiger partial charge in [-0.25, -0.2) is 0 Å². The van der Waals surface area contributed by atoms with Crippen molar-refractivity contribution in [1.29, 1.82) is 0 Å². The second-order valence-corrected chi connectivity index (χ2v) is 6.01. The SMILES string of the molecule is CN(C)CCCNC(=O)C1CCC(=O)N1Cc1ccccc1. The van der Waals surface area contributed by atoms with Gasteiger partial charge < -0.3 is 15.1 Å². The summed E-state index contributed by atoms with van der Waals surface area (Å²) in [4.78, 5) is 28.2. The molecule has 0 radical (unpaired) electrons. The minimum atomic E-state index is -0.327. The van der Waals surface area contributed by atoms with Crippen molar-refractivity contribution in [2.75, 3.05) is 27.2 Å². The molecule has 1 aliphatic rings. The van der Waals surface area contributed by atoms with E-state index in [1.165, 1.54) is 0 Å². The van der Waals surface area contributed by atoms with E-state index in [0.29, 0.717) is 25.9 Å². The normalized spacial score (nSPS) is 18.0. The second-order valence-electron chi connectivity index (χ2n) is 6.01. The summed E-state index contributed by atoms with van der Waals surface area (Å²) in [6.07, 6.45) is 1.99. The largest absolute Gasteiger partial charge is 0.354 e. The van der Waals surface area contributed by atoms with Crippen molar-refractivity contribution in [3.8, 4) is 0 Å². The first-order chi connectivity index (χ1) is 10.6. The maximum atomic E-state index is 12.3. The number of nitrogens with zero attached hydrogens (tertiary/aromatic N) is 2. The Balaban J connectivity index is 1.88. The molecule has 22 heavy (non-hydrogen) atoms. The second kappa shape index (κ2) is 7.94. The smallest absolute Gasteiger partial charge is 0.242 e. The maximum absolute atomic E-state index is 12.3. The maximum Gasteiger partial charge on any atom is 0.242 e. The van der Waals surface area contributed by atoms with E-state index < -0.39 is 0 Å². The highest BCUT2D eigenvalue weighted by molar-refractivity contribution is 5.90. The Morgan fingerprint density at radius 2 is 2.05 bits per heavy atom. The Morgan fingerprint density at radius 1 is 1.32 bits per heavy atom. The molecule has 5 nitrogen and oxygen atoms in total. The lowest BCUT2D eigenvalue weighted by molar-refractivity contribution is -0.135. The van der Waals surface area contributed by atoms with Crippen molar-refractivity contribution >= 4 is 11.8 Å². The van der Waals surface area contributed by atoms with Crippen LogP contribution in [-0.4, -0.2) is 54.8 Å². The van der Waals surface area contributed by atoms with Gasteiger partial charge in [0.1, 0.15) is 6.04 Å². The highest BCUT2D eigenvalue weighted by Crippen LogP contribution is 2.21. The zero-order valence-electron chi connectivity index (χ0n) is 13.4. The van der Waals surface area contributed by atoms with E-state index in [1.54, 1.807) is 4.90 Å². The first kappa shape index (κ1) is 16.5. The number of nitrogens with one attached hydrogen (secondary N) is 1. The third-order valence-electron chi connectivity index (χ3n) is 3.91. The van der Waals surface area contributed by atoms with Crippen LogP contribution in [0.1, 0.15) is 24.8 Å². The molecule has 0 saturated carbocycles. The van der Waals surface area contributed by atoms with Crippen LogP contribution >= 0.6 is 0 Å². The molecule has 1 aliphatic heterocycles. The van der Waals surface area contributed by atoms with Crippen LogP contribution in [0.25, 0.3) is 0 Å². The Bertz CT molecular complexity index is 502. The molecule has 0 aromatic heterocycles. The number of rotatable bonds is 7. The minimum absolute atomic E-state index is 0.0273. The van der Waals surface area contributed by atoms with Crippen LogP contribution in [0.2, 0.25) is 0 Å². The zero-order chi connectivity index (χ0) is 15.9. The monoisotopic (exact) mass is 303 g/mol. The van der Waals surface area contributed by atoms with E-state index >= 15 is 0 Å². The fraction of sp³-hybridized carbons (Fsp3) is 0.529. The van der Waals surface area contributed by atoms with Crippen molar-refractivity contribution in [2.24, 2.45) is 0 Å². The number of amides is 2. The van der Waals surface area contributed by atoms with Crippen molar-refractivity contribution < 1.29 is 9.59 Å². The Kier molecular flexibility index (Phi) is 5.95. The molecule has 1 saturated heterocycles. The quantitative estimate of drug-likeness (QED) is 0.771. The number of benzene rings is 1. The number of carbonyl (C=O) groups is 2. The molecular formula is C17H25N3O2. The van der Waals surface area contributed by atoms with Gasteiger partial charge in [0.15, 0.2) is 0 Å². The van der Waals surface area contributed by atoms with Gasteiger partial charge in [0.25, 0.3) is 0 Å². The van der Waals surface area contributed by atoms with Crippen molar-refractivity contribution in [3.63, 3.8) is 0 Å². The molecule has 2 amide bonds. The van der Waals surface area contributed by atoms with Crippen LogP contribution in [0.5, 0.6) is 0 Å². The average Bonchev–Trinajstić information content (AvgIpc) is 2.86. The van der Waals surface area contributed by atoms with Crippen molar-refractivity contribution in [3.05, 3.63) is 35.9 Å². The van der Waals surface area contributed by atoms with Crippen LogP contribution < -0.4 is 5.32 Å². The van der Waals surface area contributed by atoms with E-state index in [-0.39, 0.29) is 17.9 Å². The number of carbonyl (C=O) groups excluding carboxylic acids is 2. The molecule has 1 N–H and O–H groups in total. The first-order valence-corrected chi connectivity index (χ1v) is 7.84. The lowest BCUT2D eigenvalue weighted by atomic mass is 10.1. The summed E-state index contributed by atoms with van der Waals surface area (Å²) in [5.74, 6) is 0.0397. The third kappa shape index (κ3) is 4.56. The number of likely N-dealkylation sites (tertiary alicyclic amines) is 1. The van der Waals surface area contributed by atoms with E-state index in [1.807, 2.05) is 44.4 Å². The molecule has 0 spiro atoms. The van der Waals surface area contributed by atoms with E-state index in [2.05, 4.69) is 10.2 Å². The van der Waals surface area contributed by atoms with Gasteiger partial charge >= 0.3 is 0 Å². The molecule has 2 rings (SSSR count). The van der Waals surface area contributed by atoms with Crippen LogP contribution in [0.4, 0.5) is 0 Å². The van der Waals surface area contributed by atoms with E-state index in [9.17, 15) is 9.59 Å². The first-order valence-electron chi connectivity index (χ1n) is 7.84. The molecule has 1 fully saturated rings. The standard InChI is InChI=1S/C17H25N3O2/c1-19(2)12-6-11-18-17(22)15-9-10-16(21)20(15)13-14-7-4-3-5-8-14/h3-5,7-8,15H,6,9-13H2,1-2H3,(H,18,22). The predicted molar refractivity (Wildman–Crippen MR) is 86.2 cm³/mol. The number of hydrogen-bond donors (Lipinski definition) is 1. The van der Waals surface area contributed by atoms with Gasteiger partial charge in [-0.2, -0.15) is 0 Å². The average molecular weight is 303 g/mol. The molecule has 5 heteroatoms. The summed E-state index contributed by atoms with van der Waals surface area (Å²) >= 11 is 0. The predicted octanol–water partition coefficient (Wildman–Crippen LogP) is 1.25. The molecule has 1 heterocycles. The zero-order valence-corrected chi connectivity index (χ0v) is 13.4. The molecule has 1 aromatic rings. The molecule has 1 unspecified atom stereocenters. The highest BCUT2D eigenvalue weighted by Gasteiger charge is 2.35. The van der Waals surface area contributed by atoms with Gasteiger partial charge in [0.05, 0.1) is 0 Å². The van der Waals surface area contributed by atoms with E-state index in [4.69, 9.17) is 0 Å². The molecule has 1 aromatic carbocycles. The summed E-state index contributed by atoms with van der Waals surface area (Å²) in [6.45, 7) is 2.11. The molecular weight excluding hydrogens is 278 g/mol. The lowest BCUT2D eigenvalue weighted by Crippen LogP contribution is -2.44. The minimum Gasteiger partial charge on any atom is -0.354 e. The van der Waals surface area contributed by atoms with Gasteiger partial charge in [-0.1, -0.05) is 30.3 Å². The van der Waals surface area contributed by atoms with Crippen LogP contribution in [0, 0.1) is 0 Å². The summed E-state index contributed by atoms with van der Waals surface area (Å²) in [5, 5.41) is 2.96. The Morgan fingerprint density at radius 3 is 2.73 bits per heavy atom. The summed E-state index contributed by atoms with van der Waals surface area (Å²) in [7, 11) is 4.03. The highest BCUT2D eigenvalue weighted by atomic mass is 16.2. The van der Waals surface area contributed by atoms with Crippen molar-refractivity contribution in [2.45, 2.75) is 31.8 Å². The van der Waals surface area contributed by atoms with Gasteiger partial charge in [0.2, 0.25) is 11.8 Å². The molecule has 0 aliphatic carbocycles. The van der Waals surface area contributed by atoms with Crippen molar-refractivity contribution in [1.82, 2.24) is 15.1 Å². The fourth-order valence-electron chi connectivity index (χ4n) is 2.71. The molecule has 1 atom stereocenters. The lowest BCUT2D eigenvalue weighted by Gasteiger charge is -2.24. The summed E-state index contributed by atoms with van der Waals surface area (Å²) in [6, 6.07) is 9.49. The van der Waals surface area contributed by atoms with Gasteiger partial charge in [-0.3, -0.25) is 9.59 Å². The fourth-order valence-corrected chi connectivity index (χ4v) is 2.71. The molecule has 120 valence electrons. The van der Waals surface area contributed by atoms with Gasteiger partial charge in [-0.15, -0.1) is 0 Å². The summed E-state index contributed by atoms with van der Waals surface area (Å²) in [5.41, 5.74) is 1.06. The Hall–Kier alpha value is -1.88. The Labute approximate surface area is 132 Å². The topological polar surface area (TPSA) is 52.7 Å². The van der Waals surface area contributed by atoms with Crippen LogP contribution in [0.3, 0.4) is 0 Å². The van der Waals surface area contributed by atoms with Crippen LogP contribution in [0.15, 0.2) is 30.3 Å². The van der Waals surface area contributed by atoms with E-state index in [0.717, 1.165) is 18.5 Å². The van der Waals surface area contributed by atoms with Gasteiger partial charge in [0, 0.05) is 19.5 Å².